The molecule has 54 heavy (non-hydrogen) atoms. The highest BCUT2D eigenvalue weighted by molar-refractivity contribution is 6.25. The molecule has 0 spiro atoms. The molecule has 1 heteroatoms. The van der Waals surface area contributed by atoms with Gasteiger partial charge in [-0.25, -0.2) is 0 Å². The van der Waals surface area contributed by atoms with Crippen LogP contribution in [0.25, 0.3) is 98.4 Å². The van der Waals surface area contributed by atoms with Crippen molar-refractivity contribution in [3.63, 3.8) is 0 Å². The molecule has 9 aromatic carbocycles. The maximum Gasteiger partial charge on any atom is 0.136 e. The Bertz CT molecular complexity index is 3110. The predicted molar refractivity (Wildman–Crippen MR) is 231 cm³/mol. The summed E-state index contributed by atoms with van der Waals surface area (Å²) in [6.45, 7) is 7.03. The van der Waals surface area contributed by atoms with Crippen LogP contribution in [0.1, 0.15) is 50.3 Å². The van der Waals surface area contributed by atoms with Crippen molar-refractivity contribution in [1.29, 1.82) is 0 Å². The first-order valence-corrected chi connectivity index (χ1v) is 19.5. The quantitative estimate of drug-likeness (QED) is 0.164. The standard InChI is InChI=1S/C53H40O/c1-4-5-14-32-23-24-33-28-44-43-29-34(25-26-48(43)54-49(44)30-35(33)27-32)50-38-17-8-10-19-40(38)51(41-20-11-9-18-39(41)50)45-31-47-52(37-16-7-6-15-36(37)45)42-21-12-13-22-46(42)53(47,2)3/h6-13,15-31H,4-5,14H2,1-3H3. The lowest BCUT2D eigenvalue weighted by Crippen LogP contribution is -2.15. The van der Waals surface area contributed by atoms with Crippen LogP contribution in [0, 0.1) is 0 Å². The molecule has 258 valence electrons. The van der Waals surface area contributed by atoms with Gasteiger partial charge in [0.05, 0.1) is 0 Å². The summed E-state index contributed by atoms with van der Waals surface area (Å²) < 4.78 is 6.54. The Hall–Kier alpha value is -6.18. The third-order valence-electron chi connectivity index (χ3n) is 12.4. The predicted octanol–water partition coefficient (Wildman–Crippen LogP) is 15.2. The Kier molecular flexibility index (Phi) is 6.77. The second kappa shape index (κ2) is 11.7. The number of aryl methyl sites for hydroxylation is 1. The van der Waals surface area contributed by atoms with Gasteiger partial charge in [0.2, 0.25) is 0 Å². The number of furan rings is 1. The summed E-state index contributed by atoms with van der Waals surface area (Å²) in [5, 5.41) is 12.5. The number of rotatable bonds is 5. The normalized spacial score (nSPS) is 13.5. The number of fused-ring (bicyclic) bond motifs is 11. The number of hydrogen-bond acceptors (Lipinski definition) is 1. The average molecular weight is 693 g/mol. The fraction of sp³-hybridized carbons (Fsp3) is 0.132. The van der Waals surface area contributed by atoms with Crippen molar-refractivity contribution >= 4 is 65.0 Å². The van der Waals surface area contributed by atoms with Crippen LogP contribution in [0.2, 0.25) is 0 Å². The monoisotopic (exact) mass is 692 g/mol. The first kappa shape index (κ1) is 31.4. The van der Waals surface area contributed by atoms with Crippen LogP contribution in [-0.4, -0.2) is 0 Å². The minimum Gasteiger partial charge on any atom is -0.456 e. The van der Waals surface area contributed by atoms with Gasteiger partial charge < -0.3 is 4.42 Å². The van der Waals surface area contributed by atoms with E-state index in [1.807, 2.05) is 0 Å². The SMILES string of the molecule is CCCCc1ccc2cc3c(cc2c1)oc1ccc(-c2c4ccccc4c(-c4cc5c(c6ccccc46)-c4ccccc4C5(C)C)c4ccccc24)cc13. The van der Waals surface area contributed by atoms with E-state index in [4.69, 9.17) is 4.42 Å². The summed E-state index contributed by atoms with van der Waals surface area (Å²) in [6, 6.07) is 56.9. The van der Waals surface area contributed by atoms with E-state index in [0.29, 0.717) is 0 Å². The molecule has 0 atom stereocenters. The van der Waals surface area contributed by atoms with E-state index in [-0.39, 0.29) is 5.41 Å². The Balaban J connectivity index is 1.17. The van der Waals surface area contributed by atoms with Crippen LogP contribution in [0.3, 0.4) is 0 Å². The molecular weight excluding hydrogens is 653 g/mol. The van der Waals surface area contributed by atoms with Crippen LogP contribution in [0.15, 0.2) is 156 Å². The molecule has 0 fully saturated rings. The molecular formula is C53H40O. The van der Waals surface area contributed by atoms with Crippen LogP contribution < -0.4 is 0 Å². The smallest absolute Gasteiger partial charge is 0.136 e. The fourth-order valence-corrected chi connectivity index (χ4v) is 9.75. The molecule has 0 radical (unpaired) electrons. The van der Waals surface area contributed by atoms with Gasteiger partial charge in [0, 0.05) is 16.2 Å². The Morgan fingerprint density at radius 1 is 0.444 bits per heavy atom. The molecule has 10 aromatic rings. The summed E-state index contributed by atoms with van der Waals surface area (Å²) in [5.41, 5.74) is 13.8. The van der Waals surface area contributed by atoms with Gasteiger partial charge in [0.15, 0.2) is 0 Å². The van der Waals surface area contributed by atoms with Crippen LogP contribution in [0.4, 0.5) is 0 Å². The molecule has 1 heterocycles. The Morgan fingerprint density at radius 2 is 1.07 bits per heavy atom. The van der Waals surface area contributed by atoms with Gasteiger partial charge in [-0.1, -0.05) is 149 Å². The van der Waals surface area contributed by atoms with E-state index in [2.05, 4.69) is 172 Å². The number of benzene rings is 9. The zero-order chi connectivity index (χ0) is 36.1. The Morgan fingerprint density at radius 3 is 1.80 bits per heavy atom. The van der Waals surface area contributed by atoms with E-state index < -0.39 is 0 Å². The highest BCUT2D eigenvalue weighted by Crippen LogP contribution is 2.55. The topological polar surface area (TPSA) is 13.1 Å². The molecule has 1 nitrogen and oxygen atoms in total. The number of hydrogen-bond donors (Lipinski definition) is 0. The molecule has 0 aliphatic heterocycles. The molecule has 1 aliphatic rings. The van der Waals surface area contributed by atoms with Crippen molar-refractivity contribution in [3.05, 3.63) is 168 Å². The summed E-state index contributed by atoms with van der Waals surface area (Å²) >= 11 is 0. The van der Waals surface area contributed by atoms with E-state index in [0.717, 1.165) is 23.0 Å². The van der Waals surface area contributed by atoms with Gasteiger partial charge in [0.25, 0.3) is 0 Å². The molecule has 0 unspecified atom stereocenters. The van der Waals surface area contributed by atoms with Gasteiger partial charge in [-0.2, -0.15) is 0 Å². The lowest BCUT2D eigenvalue weighted by molar-refractivity contribution is 0.661. The molecule has 0 bridgehead atoms. The third-order valence-corrected chi connectivity index (χ3v) is 12.4. The van der Waals surface area contributed by atoms with Crippen LogP contribution in [0.5, 0.6) is 0 Å². The zero-order valence-corrected chi connectivity index (χ0v) is 31.0. The van der Waals surface area contributed by atoms with Crippen molar-refractivity contribution in [1.82, 2.24) is 0 Å². The Labute approximate surface area is 315 Å². The van der Waals surface area contributed by atoms with Gasteiger partial charge in [-0.3, -0.25) is 0 Å². The van der Waals surface area contributed by atoms with Crippen molar-refractivity contribution < 1.29 is 4.42 Å². The summed E-state index contributed by atoms with van der Waals surface area (Å²) in [6.07, 6.45) is 3.53. The summed E-state index contributed by atoms with van der Waals surface area (Å²) in [7, 11) is 0. The second-order valence-electron chi connectivity index (χ2n) is 15.9. The van der Waals surface area contributed by atoms with Crippen molar-refractivity contribution in [2.75, 3.05) is 0 Å². The molecule has 1 aromatic heterocycles. The van der Waals surface area contributed by atoms with E-state index in [9.17, 15) is 0 Å². The van der Waals surface area contributed by atoms with Gasteiger partial charge >= 0.3 is 0 Å². The minimum absolute atomic E-state index is 0.109. The van der Waals surface area contributed by atoms with Crippen LogP contribution >= 0.6 is 0 Å². The minimum atomic E-state index is -0.109. The molecule has 0 N–H and O–H groups in total. The highest BCUT2D eigenvalue weighted by atomic mass is 16.3. The lowest BCUT2D eigenvalue weighted by Gasteiger charge is -2.24. The third kappa shape index (κ3) is 4.45. The first-order chi connectivity index (χ1) is 26.5. The molecule has 0 amide bonds. The summed E-state index contributed by atoms with van der Waals surface area (Å²) in [4.78, 5) is 0. The van der Waals surface area contributed by atoms with E-state index in [1.165, 1.54) is 111 Å². The first-order valence-electron chi connectivity index (χ1n) is 19.5. The molecule has 1 aliphatic carbocycles. The maximum atomic E-state index is 6.54. The van der Waals surface area contributed by atoms with E-state index >= 15 is 0 Å². The van der Waals surface area contributed by atoms with E-state index in [1.54, 1.807) is 0 Å². The van der Waals surface area contributed by atoms with Crippen molar-refractivity contribution in [2.24, 2.45) is 0 Å². The van der Waals surface area contributed by atoms with Gasteiger partial charge in [0.1, 0.15) is 11.2 Å². The maximum absolute atomic E-state index is 6.54. The van der Waals surface area contributed by atoms with Gasteiger partial charge in [-0.05, 0) is 136 Å². The van der Waals surface area contributed by atoms with Crippen LogP contribution in [-0.2, 0) is 11.8 Å². The number of unbranched alkanes of at least 4 members (excludes halogenated alkanes) is 1. The molecule has 0 saturated heterocycles. The zero-order valence-electron chi connectivity index (χ0n) is 31.0. The summed E-state index contributed by atoms with van der Waals surface area (Å²) in [5.74, 6) is 0. The van der Waals surface area contributed by atoms with Crippen molar-refractivity contribution in [2.45, 2.75) is 45.4 Å². The van der Waals surface area contributed by atoms with Gasteiger partial charge in [-0.15, -0.1) is 0 Å². The molecule has 0 saturated carbocycles. The second-order valence-corrected chi connectivity index (χ2v) is 15.9. The lowest BCUT2D eigenvalue weighted by atomic mass is 9.79. The molecule has 11 rings (SSSR count). The fourth-order valence-electron chi connectivity index (χ4n) is 9.75. The average Bonchev–Trinajstić information content (AvgIpc) is 3.68. The largest absolute Gasteiger partial charge is 0.456 e. The van der Waals surface area contributed by atoms with Crippen molar-refractivity contribution in [3.8, 4) is 33.4 Å². The highest BCUT2D eigenvalue weighted by Gasteiger charge is 2.37.